The van der Waals surface area contributed by atoms with E-state index >= 15 is 0 Å². The van der Waals surface area contributed by atoms with Crippen LogP contribution in [-0.2, 0) is 10.0 Å². The summed E-state index contributed by atoms with van der Waals surface area (Å²) in [5.74, 6) is 1.21. The molecule has 1 fully saturated rings. The minimum absolute atomic E-state index is 0.0717. The van der Waals surface area contributed by atoms with Gasteiger partial charge in [-0.2, -0.15) is 0 Å². The van der Waals surface area contributed by atoms with E-state index in [4.69, 9.17) is 13.9 Å². The molecule has 1 aromatic carbocycles. The van der Waals surface area contributed by atoms with Gasteiger partial charge in [-0.25, -0.2) is 22.8 Å². The fourth-order valence-electron chi connectivity index (χ4n) is 4.64. The zero-order chi connectivity index (χ0) is 26.2. The van der Waals surface area contributed by atoms with Gasteiger partial charge in [0.25, 0.3) is 0 Å². The number of hydrogen-bond donors (Lipinski definition) is 1. The highest BCUT2D eigenvalue weighted by molar-refractivity contribution is 7.93. The molecule has 0 aliphatic heterocycles. The molecule has 194 valence electrons. The molecular weight excluding hydrogens is 503 g/mol. The average molecular weight is 529 g/mol. The molecule has 1 aliphatic rings. The maximum absolute atomic E-state index is 13.7. The highest BCUT2D eigenvalue weighted by atomic mass is 32.2. The summed E-state index contributed by atoms with van der Waals surface area (Å²) in [5.41, 5.74) is 0.393. The quantitative estimate of drug-likeness (QED) is 0.362. The summed E-state index contributed by atoms with van der Waals surface area (Å²) < 4.78 is 61.8. The fourth-order valence-corrected chi connectivity index (χ4v) is 6.34. The molecule has 11 nitrogen and oxygen atoms in total. The number of furan rings is 1. The van der Waals surface area contributed by atoms with Crippen LogP contribution < -0.4 is 14.2 Å². The third kappa shape index (κ3) is 4.61. The summed E-state index contributed by atoms with van der Waals surface area (Å²) in [6.07, 6.45) is 3.68. The first-order chi connectivity index (χ1) is 17.8. The smallest absolute Gasteiger partial charge is 0.243 e. The Morgan fingerprint density at radius 3 is 2.38 bits per heavy atom. The molecule has 2 atom stereocenters. The summed E-state index contributed by atoms with van der Waals surface area (Å²) >= 11 is 0. The van der Waals surface area contributed by atoms with Gasteiger partial charge in [-0.15, -0.1) is 10.2 Å². The number of anilines is 1. The molecular formula is C24H25FN6O5S. The van der Waals surface area contributed by atoms with Crippen molar-refractivity contribution in [2.45, 2.75) is 37.4 Å². The minimum Gasteiger partial charge on any atom is -0.494 e. The predicted octanol–water partition coefficient (Wildman–Crippen LogP) is 3.86. The Morgan fingerprint density at radius 2 is 1.76 bits per heavy atom. The van der Waals surface area contributed by atoms with Gasteiger partial charge < -0.3 is 13.9 Å². The largest absolute Gasteiger partial charge is 0.494 e. The van der Waals surface area contributed by atoms with Crippen LogP contribution in [0.1, 0.15) is 36.8 Å². The van der Waals surface area contributed by atoms with Gasteiger partial charge in [0.1, 0.15) is 28.8 Å². The molecule has 0 spiro atoms. The maximum atomic E-state index is 13.7. The lowest BCUT2D eigenvalue weighted by atomic mass is 10.1. The molecule has 3 heterocycles. The van der Waals surface area contributed by atoms with E-state index in [0.29, 0.717) is 48.0 Å². The van der Waals surface area contributed by atoms with Crippen molar-refractivity contribution in [1.82, 2.24) is 24.7 Å². The Morgan fingerprint density at radius 1 is 1.05 bits per heavy atom. The number of benzene rings is 1. The first kappa shape index (κ1) is 24.7. The van der Waals surface area contributed by atoms with Crippen molar-refractivity contribution in [1.29, 1.82) is 0 Å². The van der Waals surface area contributed by atoms with E-state index in [1.165, 1.54) is 18.8 Å². The average Bonchev–Trinajstić information content (AvgIpc) is 3.64. The zero-order valence-corrected chi connectivity index (χ0v) is 21.2. The van der Waals surface area contributed by atoms with Crippen molar-refractivity contribution in [2.75, 3.05) is 18.9 Å². The molecule has 37 heavy (non-hydrogen) atoms. The van der Waals surface area contributed by atoms with Gasteiger partial charge >= 0.3 is 0 Å². The zero-order valence-electron chi connectivity index (χ0n) is 20.4. The number of halogens is 1. The van der Waals surface area contributed by atoms with E-state index < -0.39 is 27.0 Å². The van der Waals surface area contributed by atoms with E-state index in [9.17, 15) is 12.8 Å². The molecule has 1 saturated carbocycles. The molecule has 3 aromatic heterocycles. The van der Waals surface area contributed by atoms with Gasteiger partial charge in [-0.1, -0.05) is 12.5 Å². The molecule has 4 aromatic rings. The van der Waals surface area contributed by atoms with Gasteiger partial charge in [0.15, 0.2) is 11.6 Å². The minimum atomic E-state index is -4.01. The Balaban J connectivity index is 1.60. The van der Waals surface area contributed by atoms with Crippen LogP contribution in [0.15, 0.2) is 47.1 Å². The number of methoxy groups -OCH3 is 2. The molecule has 0 bridgehead atoms. The Labute approximate surface area is 212 Å². The van der Waals surface area contributed by atoms with Crippen molar-refractivity contribution < 1.29 is 26.7 Å². The van der Waals surface area contributed by atoms with Crippen LogP contribution in [0.2, 0.25) is 0 Å². The number of hydrogen-bond acceptors (Lipinski definition) is 9. The van der Waals surface area contributed by atoms with Gasteiger partial charge in [0, 0.05) is 5.92 Å². The van der Waals surface area contributed by atoms with Crippen LogP contribution >= 0.6 is 0 Å². The molecule has 0 radical (unpaired) electrons. The van der Waals surface area contributed by atoms with E-state index in [1.807, 2.05) is 0 Å². The first-order valence-electron chi connectivity index (χ1n) is 11.5. The lowest BCUT2D eigenvalue weighted by molar-refractivity contribution is 0.391. The summed E-state index contributed by atoms with van der Waals surface area (Å²) in [6, 6.07) is 8.66. The van der Waals surface area contributed by atoms with Crippen LogP contribution in [0, 0.1) is 12.7 Å². The molecule has 13 heteroatoms. The number of nitrogens with zero attached hydrogens (tertiary/aromatic N) is 5. The monoisotopic (exact) mass is 528 g/mol. The summed E-state index contributed by atoms with van der Waals surface area (Å²) in [7, 11) is -1.02. The number of sulfonamides is 1. The number of nitrogens with one attached hydrogen (secondary N) is 1. The third-order valence-corrected chi connectivity index (χ3v) is 8.13. The fraction of sp³-hybridized carbons (Fsp3) is 0.333. The van der Waals surface area contributed by atoms with Crippen molar-refractivity contribution in [3.8, 4) is 28.8 Å². The number of rotatable bonds is 8. The molecule has 1 aliphatic carbocycles. The molecule has 0 amide bonds. The summed E-state index contributed by atoms with van der Waals surface area (Å²) in [5, 5.41) is 7.56. The van der Waals surface area contributed by atoms with Gasteiger partial charge in [-0.3, -0.25) is 9.29 Å². The summed E-state index contributed by atoms with van der Waals surface area (Å²) in [4.78, 5) is 8.06. The topological polar surface area (TPSA) is 134 Å². The van der Waals surface area contributed by atoms with E-state index in [0.717, 1.165) is 12.4 Å². The Bertz CT molecular complexity index is 1500. The SMILES string of the molecule is COc1cccc(OC)c1-n1c(NS(=O)(=O)[C@H]2CCC[C@@H]2c2ncc(F)cn2)nnc1-c1ccc(C)o1. The highest BCUT2D eigenvalue weighted by Crippen LogP contribution is 2.40. The summed E-state index contributed by atoms with van der Waals surface area (Å²) in [6.45, 7) is 1.79. The second-order valence-electron chi connectivity index (χ2n) is 8.59. The van der Waals surface area contributed by atoms with E-state index in [1.54, 1.807) is 37.3 Å². The van der Waals surface area contributed by atoms with Crippen molar-refractivity contribution in [2.24, 2.45) is 0 Å². The van der Waals surface area contributed by atoms with Crippen LogP contribution in [0.25, 0.3) is 17.3 Å². The van der Waals surface area contributed by atoms with Gasteiger partial charge in [-0.05, 0) is 44.0 Å². The molecule has 0 unspecified atom stereocenters. The maximum Gasteiger partial charge on any atom is 0.243 e. The molecule has 0 saturated heterocycles. The van der Waals surface area contributed by atoms with Gasteiger partial charge in [0.05, 0.1) is 31.9 Å². The van der Waals surface area contributed by atoms with Crippen molar-refractivity contribution >= 4 is 16.0 Å². The Hall–Kier alpha value is -4.00. The Kier molecular flexibility index (Phi) is 6.54. The second-order valence-corrected chi connectivity index (χ2v) is 10.5. The van der Waals surface area contributed by atoms with Crippen LogP contribution in [0.3, 0.4) is 0 Å². The number of aryl methyl sites for hydroxylation is 1. The first-order valence-corrected chi connectivity index (χ1v) is 13.1. The standard InChI is InChI=1S/C24H25FN6O5S/c1-14-10-11-19(36-14)23-28-29-24(31(23)21-17(34-2)7-5-8-18(21)35-3)30-37(32,33)20-9-4-6-16(20)22-26-12-15(25)13-27-22/h5,7-8,10-13,16,20H,4,6,9H2,1-3H3,(H,29,30)/t16-,20-/m0/s1. The van der Waals surface area contributed by atoms with Gasteiger partial charge in [0.2, 0.25) is 21.8 Å². The van der Waals surface area contributed by atoms with Crippen LogP contribution in [0.4, 0.5) is 10.3 Å². The second kappa shape index (κ2) is 9.81. The molecule has 5 rings (SSSR count). The van der Waals surface area contributed by atoms with Crippen molar-refractivity contribution in [3.05, 3.63) is 60.1 Å². The highest BCUT2D eigenvalue weighted by Gasteiger charge is 2.41. The number of para-hydroxylation sites is 1. The normalized spacial score (nSPS) is 17.6. The lowest BCUT2D eigenvalue weighted by Gasteiger charge is -2.21. The van der Waals surface area contributed by atoms with Crippen LogP contribution in [-0.4, -0.2) is 52.6 Å². The van der Waals surface area contributed by atoms with Crippen molar-refractivity contribution in [3.63, 3.8) is 0 Å². The van der Waals surface area contributed by atoms with E-state index in [-0.39, 0.29) is 17.6 Å². The van der Waals surface area contributed by atoms with E-state index in [2.05, 4.69) is 24.9 Å². The number of aromatic nitrogens is 5. The lowest BCUT2D eigenvalue weighted by Crippen LogP contribution is -2.31. The van der Waals surface area contributed by atoms with Crippen LogP contribution in [0.5, 0.6) is 11.5 Å². The third-order valence-electron chi connectivity index (χ3n) is 6.31. The number of ether oxygens (including phenoxy) is 2. The molecule has 1 N–H and O–H groups in total. The predicted molar refractivity (Wildman–Crippen MR) is 132 cm³/mol.